The van der Waals surface area contributed by atoms with Crippen molar-refractivity contribution in [2.45, 2.75) is 31.7 Å². The van der Waals surface area contributed by atoms with E-state index < -0.39 is 11.7 Å². The molecule has 1 unspecified atom stereocenters. The minimum atomic E-state index is -4.34. The van der Waals surface area contributed by atoms with Gasteiger partial charge in [0.25, 0.3) is 6.02 Å². The average molecular weight is 288 g/mol. The molecule has 2 N–H and O–H groups in total. The molecule has 1 aromatic rings. The zero-order chi connectivity index (χ0) is 14.8. The van der Waals surface area contributed by atoms with Crippen molar-refractivity contribution >= 4 is 6.02 Å². The molecule has 4 nitrogen and oxygen atoms in total. The number of ether oxygens (including phenoxy) is 2. The lowest BCUT2D eigenvalue weighted by molar-refractivity contribution is -0.137. The molecule has 20 heavy (non-hydrogen) atoms. The molecule has 1 aliphatic heterocycles. The average Bonchev–Trinajstić information content (AvgIpc) is 2.74. The maximum Gasteiger partial charge on any atom is 0.416 e. The van der Waals surface area contributed by atoms with E-state index in [1.54, 1.807) is 0 Å². The molecule has 0 spiro atoms. The maximum absolute atomic E-state index is 12.4. The van der Waals surface area contributed by atoms with Gasteiger partial charge in [-0.05, 0) is 31.2 Å². The van der Waals surface area contributed by atoms with Crippen molar-refractivity contribution in [1.82, 2.24) is 0 Å². The summed E-state index contributed by atoms with van der Waals surface area (Å²) >= 11 is 0. The van der Waals surface area contributed by atoms with E-state index in [0.717, 1.165) is 12.1 Å². The molecule has 2 rings (SSSR count). The monoisotopic (exact) mass is 288 g/mol. The standard InChI is InChI=1S/C13H15F3N2O2/c1-8(6-10-7-19-12(17)18-10)20-11-4-2-9(3-5-11)13(14,15)16/h2-5,8,10H,6-7H2,1H3,(H2,17,18)/t8-,10?/m1/s1. The second kappa shape index (κ2) is 5.60. The summed E-state index contributed by atoms with van der Waals surface area (Å²) in [5, 5.41) is 0. The van der Waals surface area contributed by atoms with E-state index >= 15 is 0 Å². The van der Waals surface area contributed by atoms with Crippen molar-refractivity contribution in [3.8, 4) is 5.75 Å². The minimum absolute atomic E-state index is 0.0700. The van der Waals surface area contributed by atoms with Crippen LogP contribution in [-0.4, -0.2) is 24.8 Å². The van der Waals surface area contributed by atoms with Crippen LogP contribution in [0.1, 0.15) is 18.9 Å². The third kappa shape index (κ3) is 3.79. The van der Waals surface area contributed by atoms with E-state index in [-0.39, 0.29) is 18.2 Å². The molecular weight excluding hydrogens is 273 g/mol. The van der Waals surface area contributed by atoms with Gasteiger partial charge in [0.15, 0.2) is 0 Å². The first kappa shape index (κ1) is 14.5. The van der Waals surface area contributed by atoms with Gasteiger partial charge in [-0.3, -0.25) is 0 Å². The van der Waals surface area contributed by atoms with Crippen LogP contribution >= 0.6 is 0 Å². The van der Waals surface area contributed by atoms with E-state index in [2.05, 4.69) is 4.99 Å². The summed E-state index contributed by atoms with van der Waals surface area (Å²) in [6, 6.07) is 4.70. The first-order valence-corrected chi connectivity index (χ1v) is 6.14. The van der Waals surface area contributed by atoms with Crippen LogP contribution in [0, 0.1) is 0 Å². The first-order valence-electron chi connectivity index (χ1n) is 6.14. The summed E-state index contributed by atoms with van der Waals surface area (Å²) in [5.41, 5.74) is 4.70. The highest BCUT2D eigenvalue weighted by molar-refractivity contribution is 5.73. The number of hydrogen-bond acceptors (Lipinski definition) is 4. The fourth-order valence-corrected chi connectivity index (χ4v) is 1.94. The van der Waals surface area contributed by atoms with Crippen LogP contribution in [0.15, 0.2) is 29.3 Å². The molecule has 1 aromatic carbocycles. The number of hydrogen-bond donors (Lipinski definition) is 1. The molecule has 2 atom stereocenters. The Hall–Kier alpha value is -1.92. The maximum atomic E-state index is 12.4. The van der Waals surface area contributed by atoms with Gasteiger partial charge in [-0.2, -0.15) is 13.2 Å². The molecule has 0 aliphatic carbocycles. The van der Waals surface area contributed by atoms with Crippen LogP contribution < -0.4 is 10.5 Å². The molecule has 0 radical (unpaired) electrons. The quantitative estimate of drug-likeness (QED) is 0.926. The normalized spacial score (nSPS) is 20.2. The number of amidine groups is 1. The molecule has 0 amide bonds. The van der Waals surface area contributed by atoms with Crippen molar-refractivity contribution in [1.29, 1.82) is 0 Å². The molecule has 0 saturated heterocycles. The number of nitrogens with zero attached hydrogens (tertiary/aromatic N) is 1. The third-order valence-electron chi connectivity index (χ3n) is 2.86. The SMILES string of the molecule is C[C@H](CC1COC(N)=N1)Oc1ccc(C(F)(F)F)cc1. The predicted molar refractivity (Wildman–Crippen MR) is 67.5 cm³/mol. The molecule has 7 heteroatoms. The lowest BCUT2D eigenvalue weighted by Gasteiger charge is -2.16. The highest BCUT2D eigenvalue weighted by atomic mass is 19.4. The molecule has 0 saturated carbocycles. The van der Waals surface area contributed by atoms with Crippen molar-refractivity contribution in [2.75, 3.05) is 6.61 Å². The smallest absolute Gasteiger partial charge is 0.416 e. The Morgan fingerprint density at radius 3 is 2.55 bits per heavy atom. The summed E-state index contributed by atoms with van der Waals surface area (Å²) in [7, 11) is 0. The van der Waals surface area contributed by atoms with Gasteiger partial charge in [0.1, 0.15) is 12.4 Å². The molecule has 1 heterocycles. The summed E-state index contributed by atoms with van der Waals surface area (Å²) in [6.07, 6.45) is -3.95. The number of nitrogens with two attached hydrogens (primary N) is 1. The predicted octanol–water partition coefficient (Wildman–Crippen LogP) is 2.58. The number of aliphatic imine (C=N–C) groups is 1. The highest BCUT2D eigenvalue weighted by Crippen LogP contribution is 2.30. The van der Waals surface area contributed by atoms with Crippen LogP contribution in [0.25, 0.3) is 0 Å². The zero-order valence-corrected chi connectivity index (χ0v) is 10.9. The van der Waals surface area contributed by atoms with Gasteiger partial charge in [-0.15, -0.1) is 0 Å². The summed E-state index contributed by atoms with van der Waals surface area (Å²) in [4.78, 5) is 4.06. The van der Waals surface area contributed by atoms with Crippen LogP contribution in [0.5, 0.6) is 5.75 Å². The fourth-order valence-electron chi connectivity index (χ4n) is 1.94. The molecule has 0 aromatic heterocycles. The lowest BCUT2D eigenvalue weighted by Crippen LogP contribution is -2.20. The van der Waals surface area contributed by atoms with Gasteiger partial charge in [-0.1, -0.05) is 0 Å². The molecule has 110 valence electrons. The Bertz CT molecular complexity index is 485. The first-order chi connectivity index (χ1) is 9.34. The van der Waals surface area contributed by atoms with Crippen molar-refractivity contribution in [3.63, 3.8) is 0 Å². The largest absolute Gasteiger partial charge is 0.491 e. The zero-order valence-electron chi connectivity index (χ0n) is 10.9. The number of rotatable bonds is 4. The second-order valence-electron chi connectivity index (χ2n) is 4.62. The van der Waals surface area contributed by atoms with Gasteiger partial charge >= 0.3 is 6.18 Å². The Morgan fingerprint density at radius 1 is 1.40 bits per heavy atom. The summed E-state index contributed by atoms with van der Waals surface area (Å²) < 4.78 is 47.8. The topological polar surface area (TPSA) is 56.8 Å². The van der Waals surface area contributed by atoms with Crippen LogP contribution in [-0.2, 0) is 10.9 Å². The van der Waals surface area contributed by atoms with Crippen LogP contribution in [0.3, 0.4) is 0 Å². The van der Waals surface area contributed by atoms with Crippen LogP contribution in [0.4, 0.5) is 13.2 Å². The van der Waals surface area contributed by atoms with Crippen molar-refractivity contribution < 1.29 is 22.6 Å². The van der Waals surface area contributed by atoms with Crippen molar-refractivity contribution in [2.24, 2.45) is 10.7 Å². The Balaban J connectivity index is 1.90. The minimum Gasteiger partial charge on any atom is -0.491 e. The Kier molecular flexibility index (Phi) is 4.06. The van der Waals surface area contributed by atoms with Gasteiger partial charge in [0.2, 0.25) is 0 Å². The number of benzene rings is 1. The van der Waals surface area contributed by atoms with Crippen LogP contribution in [0.2, 0.25) is 0 Å². The lowest BCUT2D eigenvalue weighted by atomic mass is 10.1. The summed E-state index contributed by atoms with van der Waals surface area (Å²) in [6.45, 7) is 2.23. The fraction of sp³-hybridized carbons (Fsp3) is 0.462. The van der Waals surface area contributed by atoms with Crippen molar-refractivity contribution in [3.05, 3.63) is 29.8 Å². The van der Waals surface area contributed by atoms with Gasteiger partial charge < -0.3 is 15.2 Å². The van der Waals surface area contributed by atoms with E-state index in [1.807, 2.05) is 6.92 Å². The number of halogens is 3. The Labute approximate surface area is 114 Å². The van der Waals surface area contributed by atoms with E-state index in [0.29, 0.717) is 18.8 Å². The van der Waals surface area contributed by atoms with E-state index in [4.69, 9.17) is 15.2 Å². The van der Waals surface area contributed by atoms with E-state index in [1.165, 1.54) is 12.1 Å². The van der Waals surface area contributed by atoms with E-state index in [9.17, 15) is 13.2 Å². The molecule has 1 aliphatic rings. The van der Waals surface area contributed by atoms with Gasteiger partial charge in [0, 0.05) is 6.42 Å². The van der Waals surface area contributed by atoms with Gasteiger partial charge in [0.05, 0.1) is 17.7 Å². The highest BCUT2D eigenvalue weighted by Gasteiger charge is 2.30. The second-order valence-corrected chi connectivity index (χ2v) is 4.62. The molecule has 0 bridgehead atoms. The Morgan fingerprint density at radius 2 is 2.05 bits per heavy atom. The third-order valence-corrected chi connectivity index (χ3v) is 2.86. The summed E-state index contributed by atoms with van der Waals surface area (Å²) in [5.74, 6) is 0.390. The van der Waals surface area contributed by atoms with Gasteiger partial charge in [-0.25, -0.2) is 4.99 Å². The number of alkyl halides is 3. The molecular formula is C13H15F3N2O2. The molecule has 0 fully saturated rings.